The maximum atomic E-state index is 13.0. The van der Waals surface area contributed by atoms with E-state index in [9.17, 15) is 9.18 Å². The highest BCUT2D eigenvalue weighted by atomic mass is 35.5. The largest absolute Gasteiger partial charge is 0.493 e. The smallest absolute Gasteiger partial charge is 0.339 e. The topological polar surface area (TPSA) is 83.7 Å². The number of rotatable bonds is 6. The maximum Gasteiger partial charge on any atom is 0.339 e. The van der Waals surface area contributed by atoms with Crippen LogP contribution in [0, 0.1) is 5.82 Å². The van der Waals surface area contributed by atoms with Crippen molar-refractivity contribution in [2.24, 2.45) is 0 Å². The van der Waals surface area contributed by atoms with E-state index in [4.69, 9.17) is 30.2 Å². The van der Waals surface area contributed by atoms with E-state index in [0.717, 1.165) is 0 Å². The fraction of sp³-hybridized carbons (Fsp3) is 0.211. The third kappa shape index (κ3) is 4.07. The van der Waals surface area contributed by atoms with E-state index in [1.807, 2.05) is 0 Å². The molecule has 0 fully saturated rings. The molecule has 3 rings (SSSR count). The zero-order valence-corrected chi connectivity index (χ0v) is 16.0. The average Bonchev–Trinajstić information content (AvgIpc) is 3.18. The Labute approximate surface area is 165 Å². The Bertz CT molecular complexity index is 990. The molecule has 9 heteroatoms. The molecule has 0 unspecified atom stereocenters. The number of hydrogen-bond acceptors (Lipinski definition) is 7. The third-order valence-electron chi connectivity index (χ3n) is 3.83. The first-order valence-corrected chi connectivity index (χ1v) is 8.52. The quantitative estimate of drug-likeness (QED) is 0.558. The van der Waals surface area contributed by atoms with Crippen LogP contribution in [-0.2, 0) is 4.74 Å². The first-order valence-electron chi connectivity index (χ1n) is 8.14. The minimum Gasteiger partial charge on any atom is -0.493 e. The lowest BCUT2D eigenvalue weighted by atomic mass is 10.2. The molecule has 1 aromatic heterocycles. The minimum absolute atomic E-state index is 0.0965. The number of hydrogen-bond donors (Lipinski definition) is 0. The molecule has 2 aromatic carbocycles. The summed E-state index contributed by atoms with van der Waals surface area (Å²) >= 11 is 6.11. The first kappa shape index (κ1) is 19.6. The molecule has 0 aliphatic heterocycles. The first-order chi connectivity index (χ1) is 13.4. The number of carbonyl (C=O) groups is 1. The molecule has 28 heavy (non-hydrogen) atoms. The number of carbonyl (C=O) groups excluding carboxylic acids is 1. The zero-order valence-electron chi connectivity index (χ0n) is 15.2. The lowest BCUT2D eigenvalue weighted by Crippen LogP contribution is -2.10. The third-order valence-corrected chi connectivity index (χ3v) is 4.11. The van der Waals surface area contributed by atoms with Crippen LogP contribution in [0.2, 0.25) is 5.02 Å². The normalized spacial score (nSPS) is 11.8. The fourth-order valence-corrected chi connectivity index (χ4v) is 2.71. The molecule has 0 aliphatic carbocycles. The van der Waals surface area contributed by atoms with E-state index in [0.29, 0.717) is 17.1 Å². The van der Waals surface area contributed by atoms with Crippen molar-refractivity contribution in [3.63, 3.8) is 0 Å². The summed E-state index contributed by atoms with van der Waals surface area (Å²) in [6, 6.07) is 8.45. The summed E-state index contributed by atoms with van der Waals surface area (Å²) in [5.41, 5.74) is 0.720. The Kier molecular flexibility index (Phi) is 5.79. The van der Waals surface area contributed by atoms with Crippen molar-refractivity contribution in [1.82, 2.24) is 10.2 Å². The molecule has 0 saturated carbocycles. The summed E-state index contributed by atoms with van der Waals surface area (Å²) in [5, 5.41) is 7.98. The van der Waals surface area contributed by atoms with Gasteiger partial charge in [-0.3, -0.25) is 0 Å². The van der Waals surface area contributed by atoms with E-state index in [-0.39, 0.29) is 28.2 Å². The summed E-state index contributed by atoms with van der Waals surface area (Å²) < 4.78 is 34.2. The van der Waals surface area contributed by atoms with Crippen LogP contribution in [0.5, 0.6) is 11.5 Å². The van der Waals surface area contributed by atoms with Gasteiger partial charge in [0, 0.05) is 5.56 Å². The number of methoxy groups -OCH3 is 2. The van der Waals surface area contributed by atoms with E-state index < -0.39 is 12.1 Å². The SMILES string of the molecule is COc1cc(C(=O)O[C@@H](C)c2nnc(-c3ccc(F)cc3)o2)cc(Cl)c1OC. The van der Waals surface area contributed by atoms with Gasteiger partial charge in [-0.1, -0.05) is 11.6 Å². The molecule has 1 heterocycles. The highest BCUT2D eigenvalue weighted by molar-refractivity contribution is 6.32. The van der Waals surface area contributed by atoms with Gasteiger partial charge in [-0.05, 0) is 43.3 Å². The Morgan fingerprint density at radius 3 is 2.50 bits per heavy atom. The molecule has 0 amide bonds. The molecule has 0 bridgehead atoms. The Hall–Kier alpha value is -3.13. The minimum atomic E-state index is -0.818. The van der Waals surface area contributed by atoms with Crippen LogP contribution in [0.25, 0.3) is 11.5 Å². The Morgan fingerprint density at radius 2 is 1.86 bits per heavy atom. The molecule has 0 saturated heterocycles. The fourth-order valence-electron chi connectivity index (χ4n) is 2.42. The summed E-state index contributed by atoms with van der Waals surface area (Å²) in [6.07, 6.45) is -0.818. The summed E-state index contributed by atoms with van der Waals surface area (Å²) in [7, 11) is 2.87. The number of halogens is 2. The van der Waals surface area contributed by atoms with Gasteiger partial charge in [0.2, 0.25) is 5.89 Å². The number of aromatic nitrogens is 2. The van der Waals surface area contributed by atoms with Crippen molar-refractivity contribution < 1.29 is 27.8 Å². The standard InChI is InChI=1S/C19H16ClFN2O5/c1-10(17-22-23-18(28-17)11-4-6-13(21)7-5-11)27-19(24)12-8-14(20)16(26-3)15(9-12)25-2/h4-10H,1-3H3/t10-/m0/s1. The lowest BCUT2D eigenvalue weighted by Gasteiger charge is -2.13. The highest BCUT2D eigenvalue weighted by Crippen LogP contribution is 2.36. The second-order valence-electron chi connectivity index (χ2n) is 5.69. The van der Waals surface area contributed by atoms with Crippen molar-refractivity contribution in [2.75, 3.05) is 14.2 Å². The van der Waals surface area contributed by atoms with E-state index >= 15 is 0 Å². The van der Waals surface area contributed by atoms with Gasteiger partial charge in [0.05, 0.1) is 24.8 Å². The zero-order chi connectivity index (χ0) is 20.3. The van der Waals surface area contributed by atoms with Gasteiger partial charge in [0.15, 0.2) is 17.6 Å². The monoisotopic (exact) mass is 406 g/mol. The van der Waals surface area contributed by atoms with Crippen LogP contribution in [-0.4, -0.2) is 30.4 Å². The molecule has 146 valence electrons. The molecule has 1 atom stereocenters. The number of ether oxygens (including phenoxy) is 3. The van der Waals surface area contributed by atoms with Crippen LogP contribution in [0.3, 0.4) is 0 Å². The van der Waals surface area contributed by atoms with Crippen molar-refractivity contribution in [2.45, 2.75) is 13.0 Å². The van der Waals surface area contributed by atoms with Gasteiger partial charge < -0.3 is 18.6 Å². The average molecular weight is 407 g/mol. The molecule has 0 aliphatic rings. The van der Waals surface area contributed by atoms with Crippen molar-refractivity contribution in [1.29, 1.82) is 0 Å². The van der Waals surface area contributed by atoms with Gasteiger partial charge in [0.1, 0.15) is 5.82 Å². The summed E-state index contributed by atoms with van der Waals surface area (Å²) in [5.74, 6) is -0.136. The van der Waals surface area contributed by atoms with E-state index in [1.165, 1.54) is 50.6 Å². The van der Waals surface area contributed by atoms with Gasteiger partial charge in [-0.25, -0.2) is 9.18 Å². The molecule has 0 N–H and O–H groups in total. The van der Waals surface area contributed by atoms with Crippen LogP contribution in [0.1, 0.15) is 29.3 Å². The molecule has 0 radical (unpaired) electrons. The van der Waals surface area contributed by atoms with Gasteiger partial charge in [0.25, 0.3) is 5.89 Å². The molecular formula is C19H16ClFN2O5. The van der Waals surface area contributed by atoms with Gasteiger partial charge >= 0.3 is 5.97 Å². The number of nitrogens with zero attached hydrogens (tertiary/aromatic N) is 2. The van der Waals surface area contributed by atoms with Crippen LogP contribution >= 0.6 is 11.6 Å². The number of benzene rings is 2. The Morgan fingerprint density at radius 1 is 1.14 bits per heavy atom. The van der Waals surface area contributed by atoms with Crippen LogP contribution in [0.15, 0.2) is 40.8 Å². The van der Waals surface area contributed by atoms with Crippen molar-refractivity contribution in [3.8, 4) is 23.0 Å². The van der Waals surface area contributed by atoms with Crippen molar-refractivity contribution >= 4 is 17.6 Å². The van der Waals surface area contributed by atoms with Crippen LogP contribution in [0.4, 0.5) is 4.39 Å². The lowest BCUT2D eigenvalue weighted by molar-refractivity contribution is 0.0279. The van der Waals surface area contributed by atoms with Crippen LogP contribution < -0.4 is 9.47 Å². The Balaban J connectivity index is 1.76. The predicted molar refractivity (Wildman–Crippen MR) is 98.1 cm³/mol. The maximum absolute atomic E-state index is 13.0. The predicted octanol–water partition coefficient (Wildman–Crippen LogP) is 4.46. The molecule has 0 spiro atoms. The molecule has 7 nitrogen and oxygen atoms in total. The molecular weight excluding hydrogens is 391 g/mol. The van der Waals surface area contributed by atoms with Crippen molar-refractivity contribution in [3.05, 3.63) is 58.7 Å². The number of esters is 1. The summed E-state index contributed by atoms with van der Waals surface area (Å²) in [4.78, 5) is 12.5. The van der Waals surface area contributed by atoms with Gasteiger partial charge in [-0.15, -0.1) is 10.2 Å². The second-order valence-corrected chi connectivity index (χ2v) is 6.10. The molecule has 3 aromatic rings. The summed E-state index contributed by atoms with van der Waals surface area (Å²) in [6.45, 7) is 1.59. The van der Waals surface area contributed by atoms with E-state index in [1.54, 1.807) is 6.92 Å². The second kappa shape index (κ2) is 8.26. The van der Waals surface area contributed by atoms with Gasteiger partial charge in [-0.2, -0.15) is 0 Å². The highest BCUT2D eigenvalue weighted by Gasteiger charge is 2.22. The van der Waals surface area contributed by atoms with E-state index in [2.05, 4.69) is 10.2 Å².